The summed E-state index contributed by atoms with van der Waals surface area (Å²) in [6.07, 6.45) is 0.369. The molecule has 7 heteroatoms. The lowest BCUT2D eigenvalue weighted by molar-refractivity contribution is -0.140. The SMILES string of the molecule is CC(C)CCNC(=O)NC(CC(N)=O)C(=O)O. The summed E-state index contributed by atoms with van der Waals surface area (Å²) < 4.78 is 0. The monoisotopic (exact) mass is 245 g/mol. The molecule has 17 heavy (non-hydrogen) atoms. The molecule has 0 saturated carbocycles. The van der Waals surface area contributed by atoms with Gasteiger partial charge in [0.05, 0.1) is 6.42 Å². The normalized spacial score (nSPS) is 11.9. The molecule has 98 valence electrons. The van der Waals surface area contributed by atoms with Crippen molar-refractivity contribution >= 4 is 17.9 Å². The van der Waals surface area contributed by atoms with Gasteiger partial charge in [-0.15, -0.1) is 0 Å². The number of rotatable bonds is 7. The lowest BCUT2D eigenvalue weighted by Gasteiger charge is -2.14. The van der Waals surface area contributed by atoms with Crippen LogP contribution in [0.15, 0.2) is 0 Å². The minimum atomic E-state index is -1.29. The largest absolute Gasteiger partial charge is 0.480 e. The highest BCUT2D eigenvalue weighted by Crippen LogP contribution is 1.96. The van der Waals surface area contributed by atoms with Crippen LogP contribution in [0.1, 0.15) is 26.7 Å². The fraction of sp³-hybridized carbons (Fsp3) is 0.700. The van der Waals surface area contributed by atoms with Crippen molar-refractivity contribution in [1.82, 2.24) is 10.6 Å². The van der Waals surface area contributed by atoms with Crippen LogP contribution in [0, 0.1) is 5.92 Å². The maximum Gasteiger partial charge on any atom is 0.326 e. The molecule has 0 aliphatic heterocycles. The minimum absolute atomic E-state index is 0.424. The van der Waals surface area contributed by atoms with Crippen LogP contribution in [0.2, 0.25) is 0 Å². The maximum absolute atomic E-state index is 11.3. The van der Waals surface area contributed by atoms with Gasteiger partial charge in [0.2, 0.25) is 5.91 Å². The molecule has 0 fully saturated rings. The van der Waals surface area contributed by atoms with E-state index in [0.717, 1.165) is 6.42 Å². The first-order valence-corrected chi connectivity index (χ1v) is 5.38. The number of nitrogens with two attached hydrogens (primary N) is 1. The topological polar surface area (TPSA) is 122 Å². The number of carboxylic acids is 1. The van der Waals surface area contributed by atoms with E-state index in [1.165, 1.54) is 0 Å². The summed E-state index contributed by atoms with van der Waals surface area (Å²) in [6.45, 7) is 4.46. The number of hydrogen-bond acceptors (Lipinski definition) is 3. The zero-order valence-corrected chi connectivity index (χ0v) is 10.0. The van der Waals surface area contributed by atoms with E-state index in [-0.39, 0.29) is 0 Å². The molecule has 0 heterocycles. The second-order valence-electron chi connectivity index (χ2n) is 4.14. The van der Waals surface area contributed by atoms with Crippen LogP contribution in [0.25, 0.3) is 0 Å². The second kappa shape index (κ2) is 7.48. The van der Waals surface area contributed by atoms with E-state index in [1.54, 1.807) is 0 Å². The number of hydrogen-bond donors (Lipinski definition) is 4. The van der Waals surface area contributed by atoms with Crippen molar-refractivity contribution in [1.29, 1.82) is 0 Å². The van der Waals surface area contributed by atoms with E-state index in [4.69, 9.17) is 10.8 Å². The number of primary amides is 1. The fourth-order valence-corrected chi connectivity index (χ4v) is 1.08. The minimum Gasteiger partial charge on any atom is -0.480 e. The third-order valence-corrected chi connectivity index (χ3v) is 2.02. The van der Waals surface area contributed by atoms with Crippen LogP contribution in [0.3, 0.4) is 0 Å². The molecule has 0 aliphatic carbocycles. The fourth-order valence-electron chi connectivity index (χ4n) is 1.08. The molecule has 5 N–H and O–H groups in total. The number of urea groups is 1. The molecule has 0 aromatic rings. The molecule has 0 saturated heterocycles. The molecule has 0 radical (unpaired) electrons. The van der Waals surface area contributed by atoms with Crippen molar-refractivity contribution in [2.75, 3.05) is 6.54 Å². The van der Waals surface area contributed by atoms with Crippen LogP contribution in [0.4, 0.5) is 4.79 Å². The maximum atomic E-state index is 11.3. The van der Waals surface area contributed by atoms with Crippen LogP contribution in [-0.4, -0.2) is 35.6 Å². The molecule has 3 amide bonds. The van der Waals surface area contributed by atoms with Gasteiger partial charge in [-0.25, -0.2) is 9.59 Å². The lowest BCUT2D eigenvalue weighted by atomic mass is 10.1. The predicted octanol–water partition coefficient (Wildman–Crippen LogP) is -0.340. The van der Waals surface area contributed by atoms with E-state index < -0.39 is 30.4 Å². The average molecular weight is 245 g/mol. The van der Waals surface area contributed by atoms with Gasteiger partial charge in [0.15, 0.2) is 0 Å². The van der Waals surface area contributed by atoms with E-state index >= 15 is 0 Å². The molecule has 0 aliphatic rings. The molecule has 0 aromatic carbocycles. The number of nitrogens with one attached hydrogen (secondary N) is 2. The highest BCUT2D eigenvalue weighted by molar-refractivity contribution is 5.87. The van der Waals surface area contributed by atoms with Crippen molar-refractivity contribution < 1.29 is 19.5 Å². The Morgan fingerprint density at radius 3 is 2.29 bits per heavy atom. The molecule has 1 atom stereocenters. The third-order valence-electron chi connectivity index (χ3n) is 2.02. The number of carbonyl (C=O) groups excluding carboxylic acids is 2. The van der Waals surface area contributed by atoms with Crippen LogP contribution < -0.4 is 16.4 Å². The van der Waals surface area contributed by atoms with Gasteiger partial charge in [0.1, 0.15) is 6.04 Å². The zero-order valence-electron chi connectivity index (χ0n) is 10.0. The quantitative estimate of drug-likeness (QED) is 0.490. The smallest absolute Gasteiger partial charge is 0.326 e. The van der Waals surface area contributed by atoms with Gasteiger partial charge in [-0.3, -0.25) is 4.79 Å². The van der Waals surface area contributed by atoms with Gasteiger partial charge in [0, 0.05) is 6.54 Å². The number of carboxylic acid groups (broad SMARTS) is 1. The summed E-state index contributed by atoms with van der Waals surface area (Å²) in [5.74, 6) is -1.63. The summed E-state index contributed by atoms with van der Waals surface area (Å²) in [5, 5.41) is 13.4. The highest BCUT2D eigenvalue weighted by atomic mass is 16.4. The molecule has 1 unspecified atom stereocenters. The standard InChI is InChI=1S/C10H19N3O4/c1-6(2)3-4-12-10(17)13-7(9(15)16)5-8(11)14/h6-7H,3-5H2,1-2H3,(H2,11,14)(H,15,16)(H2,12,13,17). The summed E-state index contributed by atoms with van der Waals surface area (Å²) in [5.41, 5.74) is 4.87. The molecule has 0 spiro atoms. The number of carbonyl (C=O) groups is 3. The molecule has 7 nitrogen and oxygen atoms in total. The average Bonchev–Trinajstić information content (AvgIpc) is 2.15. The molecule has 0 rings (SSSR count). The van der Waals surface area contributed by atoms with Gasteiger partial charge in [-0.05, 0) is 12.3 Å². The van der Waals surface area contributed by atoms with Crippen molar-refractivity contribution in [2.45, 2.75) is 32.7 Å². The van der Waals surface area contributed by atoms with Crippen LogP contribution in [0.5, 0.6) is 0 Å². The lowest BCUT2D eigenvalue weighted by Crippen LogP contribution is -2.47. The number of aliphatic carboxylic acids is 1. The van der Waals surface area contributed by atoms with Crippen LogP contribution in [-0.2, 0) is 9.59 Å². The predicted molar refractivity (Wildman–Crippen MR) is 61.2 cm³/mol. The summed E-state index contributed by atoms with van der Waals surface area (Å²) in [7, 11) is 0. The Kier molecular flexibility index (Phi) is 6.69. The summed E-state index contributed by atoms with van der Waals surface area (Å²) >= 11 is 0. The van der Waals surface area contributed by atoms with E-state index in [1.807, 2.05) is 13.8 Å². The Hall–Kier alpha value is -1.79. The van der Waals surface area contributed by atoms with Gasteiger partial charge in [-0.1, -0.05) is 13.8 Å². The first-order chi connectivity index (χ1) is 7.82. The van der Waals surface area contributed by atoms with Crippen molar-refractivity contribution in [3.63, 3.8) is 0 Å². The Bertz CT molecular complexity index is 291. The molecular weight excluding hydrogens is 226 g/mol. The van der Waals surface area contributed by atoms with Crippen molar-refractivity contribution in [2.24, 2.45) is 11.7 Å². The summed E-state index contributed by atoms with van der Waals surface area (Å²) in [4.78, 5) is 32.6. The third kappa shape index (κ3) is 8.06. The zero-order chi connectivity index (χ0) is 13.4. The number of amides is 3. The molecular formula is C10H19N3O4. The summed E-state index contributed by atoms with van der Waals surface area (Å²) in [6, 6.07) is -1.90. The highest BCUT2D eigenvalue weighted by Gasteiger charge is 2.21. The van der Waals surface area contributed by atoms with Gasteiger partial charge < -0.3 is 21.5 Å². The van der Waals surface area contributed by atoms with E-state index in [2.05, 4.69) is 10.6 Å². The Morgan fingerprint density at radius 2 is 1.88 bits per heavy atom. The second-order valence-corrected chi connectivity index (χ2v) is 4.14. The van der Waals surface area contributed by atoms with Gasteiger partial charge >= 0.3 is 12.0 Å². The molecule has 0 bridgehead atoms. The Balaban J connectivity index is 4.04. The molecule has 0 aromatic heterocycles. The first kappa shape index (κ1) is 15.2. The van der Waals surface area contributed by atoms with Crippen molar-refractivity contribution in [3.8, 4) is 0 Å². The van der Waals surface area contributed by atoms with Crippen LogP contribution >= 0.6 is 0 Å². The van der Waals surface area contributed by atoms with E-state index in [9.17, 15) is 14.4 Å². The first-order valence-electron chi connectivity index (χ1n) is 5.38. The van der Waals surface area contributed by atoms with Crippen molar-refractivity contribution in [3.05, 3.63) is 0 Å². The Morgan fingerprint density at radius 1 is 1.29 bits per heavy atom. The van der Waals surface area contributed by atoms with Gasteiger partial charge in [-0.2, -0.15) is 0 Å². The van der Waals surface area contributed by atoms with Gasteiger partial charge in [0.25, 0.3) is 0 Å². The van der Waals surface area contributed by atoms with E-state index in [0.29, 0.717) is 12.5 Å². The Labute approximate surface area is 99.7 Å².